The van der Waals surface area contributed by atoms with Gasteiger partial charge in [0, 0.05) is 51.5 Å². The molecule has 2 aromatic rings. The van der Waals surface area contributed by atoms with Crippen molar-refractivity contribution in [3.8, 4) is 5.75 Å². The van der Waals surface area contributed by atoms with E-state index in [2.05, 4.69) is 37.2 Å². The van der Waals surface area contributed by atoms with E-state index in [-0.39, 0.29) is 5.91 Å². The monoisotopic (exact) mass is 450 g/mol. The molecular weight excluding hydrogens is 436 g/mol. The topological polar surface area (TPSA) is 41.6 Å². The summed E-state index contributed by atoms with van der Waals surface area (Å²) in [7, 11) is 5.58. The summed E-state index contributed by atoms with van der Waals surface area (Å²) in [4.78, 5) is 14.4. The van der Waals surface area contributed by atoms with Crippen LogP contribution in [0.1, 0.15) is 11.1 Å². The van der Waals surface area contributed by atoms with Crippen LogP contribution in [0.3, 0.4) is 0 Å². The minimum Gasteiger partial charge on any atom is -0.496 e. The molecule has 24 heavy (non-hydrogen) atoms. The summed E-state index contributed by atoms with van der Waals surface area (Å²) in [6.07, 6.45) is 1.86. The lowest BCUT2D eigenvalue weighted by molar-refractivity contribution is -0.110. The average molecular weight is 452 g/mol. The van der Waals surface area contributed by atoms with Crippen LogP contribution in [0.25, 0.3) is 11.6 Å². The fourth-order valence-electron chi connectivity index (χ4n) is 2.61. The van der Waals surface area contributed by atoms with Crippen molar-refractivity contribution in [2.45, 2.75) is 0 Å². The van der Waals surface area contributed by atoms with Gasteiger partial charge in [-0.15, -0.1) is 0 Å². The molecule has 0 spiro atoms. The highest BCUT2D eigenvalue weighted by Crippen LogP contribution is 2.41. The van der Waals surface area contributed by atoms with Gasteiger partial charge >= 0.3 is 0 Å². The molecule has 0 atom stereocenters. The number of hydrogen-bond donors (Lipinski definition) is 1. The summed E-state index contributed by atoms with van der Waals surface area (Å²) in [5, 5.41) is 2.91. The van der Waals surface area contributed by atoms with Gasteiger partial charge in [-0.2, -0.15) is 0 Å². The standard InChI is InChI=1S/C18H16Br2N2O2/c1-22(2)12-5-4-10(16(9-12)24-3)6-14-13-7-11(19)8-15(20)17(13)21-18(14)23/h4-9H,1-3H3,(H,21,23). The Bertz CT molecular complexity index is 860. The molecule has 4 nitrogen and oxygen atoms in total. The highest BCUT2D eigenvalue weighted by molar-refractivity contribution is 9.11. The Morgan fingerprint density at radius 1 is 1.17 bits per heavy atom. The number of fused-ring (bicyclic) bond motifs is 1. The van der Waals surface area contributed by atoms with Crippen molar-refractivity contribution >= 4 is 60.8 Å². The first-order valence-electron chi connectivity index (χ1n) is 7.28. The number of nitrogens with one attached hydrogen (secondary N) is 1. The van der Waals surface area contributed by atoms with Gasteiger partial charge in [0.15, 0.2) is 0 Å². The zero-order chi connectivity index (χ0) is 17.4. The van der Waals surface area contributed by atoms with Gasteiger partial charge in [0.05, 0.1) is 12.8 Å². The summed E-state index contributed by atoms with van der Waals surface area (Å²) < 4.78 is 7.25. The lowest BCUT2D eigenvalue weighted by atomic mass is 10.0. The van der Waals surface area contributed by atoms with E-state index in [4.69, 9.17) is 4.74 Å². The second kappa shape index (κ2) is 6.61. The Balaban J connectivity index is 2.12. The van der Waals surface area contributed by atoms with E-state index in [0.717, 1.165) is 37.2 Å². The summed E-state index contributed by atoms with van der Waals surface area (Å²) in [6, 6.07) is 9.76. The predicted molar refractivity (Wildman–Crippen MR) is 106 cm³/mol. The van der Waals surface area contributed by atoms with Gasteiger partial charge in [0.2, 0.25) is 0 Å². The van der Waals surface area contributed by atoms with Crippen LogP contribution in [-0.4, -0.2) is 27.1 Å². The maximum atomic E-state index is 12.4. The van der Waals surface area contributed by atoms with Crippen LogP contribution in [0.4, 0.5) is 11.4 Å². The molecular formula is C18H16Br2N2O2. The first kappa shape index (κ1) is 17.0. The average Bonchev–Trinajstić information content (AvgIpc) is 2.84. The van der Waals surface area contributed by atoms with E-state index in [1.165, 1.54) is 0 Å². The van der Waals surface area contributed by atoms with Crippen LogP contribution in [0.5, 0.6) is 5.75 Å². The number of rotatable bonds is 3. The molecule has 0 saturated heterocycles. The number of methoxy groups -OCH3 is 1. The van der Waals surface area contributed by atoms with Crippen molar-refractivity contribution < 1.29 is 9.53 Å². The lowest BCUT2D eigenvalue weighted by Crippen LogP contribution is -2.08. The Morgan fingerprint density at radius 2 is 1.92 bits per heavy atom. The molecule has 0 aliphatic carbocycles. The third-order valence-electron chi connectivity index (χ3n) is 3.86. The molecule has 0 radical (unpaired) electrons. The van der Waals surface area contributed by atoms with E-state index >= 15 is 0 Å². The summed E-state index contributed by atoms with van der Waals surface area (Å²) in [5.41, 5.74) is 4.16. The Hall–Kier alpha value is -1.79. The van der Waals surface area contributed by atoms with Crippen molar-refractivity contribution in [1.29, 1.82) is 0 Å². The molecule has 0 fully saturated rings. The van der Waals surface area contributed by atoms with Crippen LogP contribution >= 0.6 is 31.9 Å². The minimum atomic E-state index is -0.123. The van der Waals surface area contributed by atoms with Gasteiger partial charge in [-0.25, -0.2) is 0 Å². The molecule has 3 rings (SSSR count). The van der Waals surface area contributed by atoms with E-state index in [1.54, 1.807) is 7.11 Å². The largest absolute Gasteiger partial charge is 0.496 e. The number of nitrogens with zero attached hydrogens (tertiary/aromatic N) is 1. The zero-order valence-electron chi connectivity index (χ0n) is 13.5. The molecule has 0 bridgehead atoms. The van der Waals surface area contributed by atoms with Gasteiger partial charge in [-0.05, 0) is 46.3 Å². The number of amides is 1. The van der Waals surface area contributed by atoms with E-state index < -0.39 is 0 Å². The smallest absolute Gasteiger partial charge is 0.256 e. The highest BCUT2D eigenvalue weighted by atomic mass is 79.9. The quantitative estimate of drug-likeness (QED) is 0.682. The van der Waals surface area contributed by atoms with Crippen LogP contribution in [0.2, 0.25) is 0 Å². The highest BCUT2D eigenvalue weighted by Gasteiger charge is 2.27. The van der Waals surface area contributed by atoms with Gasteiger partial charge in [-0.3, -0.25) is 4.79 Å². The normalized spacial score (nSPS) is 14.5. The molecule has 1 aliphatic heterocycles. The molecule has 0 unspecified atom stereocenters. The Morgan fingerprint density at radius 3 is 2.58 bits per heavy atom. The minimum absolute atomic E-state index is 0.123. The maximum absolute atomic E-state index is 12.4. The van der Waals surface area contributed by atoms with Gasteiger partial charge < -0.3 is 15.0 Å². The number of halogens is 2. The molecule has 1 amide bonds. The van der Waals surface area contributed by atoms with Crippen molar-refractivity contribution in [1.82, 2.24) is 0 Å². The summed E-state index contributed by atoms with van der Waals surface area (Å²) in [6.45, 7) is 0. The van der Waals surface area contributed by atoms with Crippen LogP contribution in [-0.2, 0) is 4.79 Å². The van der Waals surface area contributed by atoms with E-state index in [0.29, 0.717) is 5.57 Å². The Labute approximate surface area is 157 Å². The molecule has 1 N–H and O–H groups in total. The number of anilines is 2. The number of carbonyl (C=O) groups excluding carboxylic acids is 1. The summed E-state index contributed by atoms with van der Waals surface area (Å²) in [5.74, 6) is 0.603. The maximum Gasteiger partial charge on any atom is 0.256 e. The predicted octanol–water partition coefficient (Wildman–Crippen LogP) is 4.78. The molecule has 2 aromatic carbocycles. The van der Waals surface area contributed by atoms with Gasteiger partial charge in [0.1, 0.15) is 5.75 Å². The fraction of sp³-hybridized carbons (Fsp3) is 0.167. The number of carbonyl (C=O) groups is 1. The third kappa shape index (κ3) is 3.08. The number of ether oxygens (including phenoxy) is 1. The summed E-state index contributed by atoms with van der Waals surface area (Å²) >= 11 is 6.97. The Kier molecular flexibility index (Phi) is 4.69. The van der Waals surface area contributed by atoms with Crippen LogP contribution in [0.15, 0.2) is 39.3 Å². The van der Waals surface area contributed by atoms with Crippen LogP contribution in [0, 0.1) is 0 Å². The molecule has 0 saturated carbocycles. The molecule has 124 valence electrons. The van der Waals surface area contributed by atoms with E-state index in [1.807, 2.05) is 55.4 Å². The third-order valence-corrected chi connectivity index (χ3v) is 4.94. The molecule has 1 heterocycles. The zero-order valence-corrected chi connectivity index (χ0v) is 16.7. The van der Waals surface area contributed by atoms with Crippen molar-refractivity contribution in [2.24, 2.45) is 0 Å². The lowest BCUT2D eigenvalue weighted by Gasteiger charge is -2.15. The van der Waals surface area contributed by atoms with Crippen LogP contribution < -0.4 is 15.0 Å². The first-order valence-corrected chi connectivity index (χ1v) is 8.87. The van der Waals surface area contributed by atoms with Crippen molar-refractivity contribution in [3.05, 3.63) is 50.4 Å². The molecule has 6 heteroatoms. The van der Waals surface area contributed by atoms with Gasteiger partial charge in [-0.1, -0.05) is 15.9 Å². The second-order valence-electron chi connectivity index (χ2n) is 5.64. The SMILES string of the molecule is COc1cc(N(C)C)ccc1C=C1C(=O)Nc2c(Br)cc(Br)cc21. The van der Waals surface area contributed by atoms with Gasteiger partial charge in [0.25, 0.3) is 5.91 Å². The fourth-order valence-corrected chi connectivity index (χ4v) is 3.94. The second-order valence-corrected chi connectivity index (χ2v) is 7.41. The number of hydrogen-bond acceptors (Lipinski definition) is 3. The molecule has 0 aromatic heterocycles. The first-order chi connectivity index (χ1) is 11.4. The van der Waals surface area contributed by atoms with Crippen molar-refractivity contribution in [3.63, 3.8) is 0 Å². The van der Waals surface area contributed by atoms with E-state index in [9.17, 15) is 4.79 Å². The number of benzene rings is 2. The molecule has 1 aliphatic rings. The van der Waals surface area contributed by atoms with Crippen molar-refractivity contribution in [2.75, 3.05) is 31.4 Å².